The Morgan fingerprint density at radius 2 is 2.00 bits per heavy atom. The number of aryl methyl sites for hydroxylation is 1. The molecule has 0 unspecified atom stereocenters. The standard InChI is InChI=1S/C19H18N2O4S3.H2/c1-13-7-8-15(11-16(13)18(22)23)28(24,25)20-9-10-26-19-21-17(12-27-19)14-5-3-2-4-6-14;/h2-8,11-12,20H,9-10H2,1H3,(H,22,23);1H. The van der Waals surface area contributed by atoms with E-state index in [1.165, 1.54) is 41.3 Å². The molecular formula is C19H20N2O4S3. The minimum absolute atomic E-state index is 0. The fourth-order valence-electron chi connectivity index (χ4n) is 2.46. The molecule has 0 aliphatic heterocycles. The van der Waals surface area contributed by atoms with Crippen LogP contribution in [-0.2, 0) is 10.0 Å². The molecule has 3 rings (SSSR count). The van der Waals surface area contributed by atoms with E-state index in [9.17, 15) is 13.2 Å². The molecule has 3 aromatic rings. The van der Waals surface area contributed by atoms with Crippen molar-refractivity contribution in [2.45, 2.75) is 16.2 Å². The minimum atomic E-state index is -3.77. The first-order valence-electron chi connectivity index (χ1n) is 8.34. The van der Waals surface area contributed by atoms with Crippen molar-refractivity contribution < 1.29 is 19.7 Å². The topological polar surface area (TPSA) is 96.4 Å². The Morgan fingerprint density at radius 1 is 1.25 bits per heavy atom. The number of nitrogens with zero attached hydrogens (tertiary/aromatic N) is 1. The molecule has 0 aliphatic carbocycles. The second-order valence-electron chi connectivity index (χ2n) is 5.89. The highest BCUT2D eigenvalue weighted by Crippen LogP contribution is 2.28. The largest absolute Gasteiger partial charge is 0.478 e. The van der Waals surface area contributed by atoms with Crippen LogP contribution in [0.15, 0.2) is 63.1 Å². The zero-order valence-electron chi connectivity index (χ0n) is 15.0. The van der Waals surface area contributed by atoms with E-state index < -0.39 is 16.0 Å². The number of aromatic nitrogens is 1. The molecule has 9 heteroatoms. The van der Waals surface area contributed by atoms with Crippen molar-refractivity contribution in [3.8, 4) is 11.3 Å². The van der Waals surface area contributed by atoms with E-state index in [-0.39, 0.29) is 18.4 Å². The number of thiazole rings is 1. The van der Waals surface area contributed by atoms with Crippen molar-refractivity contribution in [2.24, 2.45) is 0 Å². The van der Waals surface area contributed by atoms with Crippen LogP contribution in [0, 0.1) is 6.92 Å². The smallest absolute Gasteiger partial charge is 0.335 e. The van der Waals surface area contributed by atoms with Crippen LogP contribution in [-0.4, -0.2) is 36.8 Å². The summed E-state index contributed by atoms with van der Waals surface area (Å²) >= 11 is 2.98. The average Bonchev–Trinajstić information content (AvgIpc) is 3.15. The van der Waals surface area contributed by atoms with Crippen LogP contribution in [0.25, 0.3) is 11.3 Å². The van der Waals surface area contributed by atoms with Gasteiger partial charge in [0.15, 0.2) is 4.34 Å². The summed E-state index contributed by atoms with van der Waals surface area (Å²) in [7, 11) is -3.77. The lowest BCUT2D eigenvalue weighted by molar-refractivity contribution is 0.0696. The van der Waals surface area contributed by atoms with E-state index >= 15 is 0 Å². The molecule has 0 saturated heterocycles. The second kappa shape index (κ2) is 8.87. The number of hydrogen-bond donors (Lipinski definition) is 2. The molecule has 2 aromatic carbocycles. The first kappa shape index (κ1) is 20.5. The molecule has 0 amide bonds. The molecule has 1 heterocycles. The molecule has 0 atom stereocenters. The number of carbonyl (C=O) groups is 1. The highest BCUT2D eigenvalue weighted by atomic mass is 32.2. The van der Waals surface area contributed by atoms with Crippen LogP contribution >= 0.6 is 23.1 Å². The maximum Gasteiger partial charge on any atom is 0.335 e. The fourth-order valence-corrected chi connectivity index (χ4v) is 5.41. The van der Waals surface area contributed by atoms with Gasteiger partial charge in [-0.2, -0.15) is 0 Å². The van der Waals surface area contributed by atoms with Gasteiger partial charge >= 0.3 is 5.97 Å². The number of sulfonamides is 1. The van der Waals surface area contributed by atoms with Gasteiger partial charge in [0.25, 0.3) is 0 Å². The van der Waals surface area contributed by atoms with Crippen LogP contribution in [0.4, 0.5) is 0 Å². The number of carboxylic acids is 1. The summed E-state index contributed by atoms with van der Waals surface area (Å²) in [5.41, 5.74) is 2.43. The number of nitrogens with one attached hydrogen (secondary N) is 1. The van der Waals surface area contributed by atoms with Crippen LogP contribution in [0.2, 0.25) is 0 Å². The van der Waals surface area contributed by atoms with Crippen molar-refractivity contribution in [3.63, 3.8) is 0 Å². The van der Waals surface area contributed by atoms with Gasteiger partial charge in [0, 0.05) is 24.7 Å². The van der Waals surface area contributed by atoms with E-state index in [4.69, 9.17) is 5.11 Å². The van der Waals surface area contributed by atoms with Gasteiger partial charge in [-0.15, -0.1) is 11.3 Å². The van der Waals surface area contributed by atoms with Crippen molar-refractivity contribution in [1.82, 2.24) is 9.71 Å². The quantitative estimate of drug-likeness (QED) is 0.407. The van der Waals surface area contributed by atoms with Gasteiger partial charge in [0.2, 0.25) is 10.0 Å². The summed E-state index contributed by atoms with van der Waals surface area (Å²) in [6.45, 7) is 1.84. The van der Waals surface area contributed by atoms with Crippen LogP contribution in [0.5, 0.6) is 0 Å². The second-order valence-corrected chi connectivity index (χ2v) is 9.86. The third-order valence-corrected chi connectivity index (χ3v) is 7.40. The molecule has 0 aliphatic rings. The fraction of sp³-hybridized carbons (Fsp3) is 0.158. The molecule has 0 fully saturated rings. The summed E-state index contributed by atoms with van der Waals surface area (Å²) < 4.78 is 28.2. The van der Waals surface area contributed by atoms with E-state index in [0.29, 0.717) is 11.3 Å². The molecular weight excluding hydrogens is 416 g/mol. The normalized spacial score (nSPS) is 11.5. The number of thioether (sulfide) groups is 1. The van der Waals surface area contributed by atoms with E-state index in [0.717, 1.165) is 15.6 Å². The predicted molar refractivity (Wildman–Crippen MR) is 114 cm³/mol. The number of carboxylic acid groups (broad SMARTS) is 1. The number of rotatable bonds is 8. The van der Waals surface area contributed by atoms with E-state index in [2.05, 4.69) is 9.71 Å². The highest BCUT2D eigenvalue weighted by molar-refractivity contribution is 8.01. The van der Waals surface area contributed by atoms with Gasteiger partial charge < -0.3 is 5.11 Å². The van der Waals surface area contributed by atoms with Crippen molar-refractivity contribution in [2.75, 3.05) is 12.3 Å². The predicted octanol–water partition coefficient (Wildman–Crippen LogP) is 4.13. The number of hydrogen-bond acceptors (Lipinski definition) is 6. The zero-order chi connectivity index (χ0) is 20.1. The summed E-state index contributed by atoms with van der Waals surface area (Å²) in [6, 6.07) is 13.9. The van der Waals surface area contributed by atoms with Crippen LogP contribution in [0.3, 0.4) is 0 Å². The summed E-state index contributed by atoms with van der Waals surface area (Å²) in [6.07, 6.45) is 0. The molecule has 6 nitrogen and oxygen atoms in total. The van der Waals surface area contributed by atoms with Gasteiger partial charge in [0.05, 0.1) is 16.2 Å². The molecule has 0 bridgehead atoms. The third-order valence-electron chi connectivity index (χ3n) is 3.92. The van der Waals surface area contributed by atoms with Crippen molar-refractivity contribution >= 4 is 39.1 Å². The molecule has 0 radical (unpaired) electrons. The Balaban J connectivity index is 0.00000300. The van der Waals surface area contributed by atoms with E-state index in [1.54, 1.807) is 6.92 Å². The van der Waals surface area contributed by atoms with E-state index in [1.807, 2.05) is 35.7 Å². The van der Waals surface area contributed by atoms with Gasteiger partial charge in [-0.3, -0.25) is 0 Å². The Morgan fingerprint density at radius 3 is 2.71 bits per heavy atom. The Kier molecular flexibility index (Phi) is 6.50. The number of benzene rings is 2. The van der Waals surface area contributed by atoms with Gasteiger partial charge in [-0.25, -0.2) is 22.9 Å². The first-order valence-corrected chi connectivity index (χ1v) is 11.7. The molecule has 1 aromatic heterocycles. The van der Waals surface area contributed by atoms with Crippen LogP contribution < -0.4 is 4.72 Å². The van der Waals surface area contributed by atoms with Crippen molar-refractivity contribution in [3.05, 3.63) is 65.0 Å². The third kappa shape index (κ3) is 4.99. The molecule has 2 N–H and O–H groups in total. The van der Waals surface area contributed by atoms with Gasteiger partial charge in [-0.1, -0.05) is 48.2 Å². The molecule has 0 saturated carbocycles. The van der Waals surface area contributed by atoms with Crippen LogP contribution in [0.1, 0.15) is 17.3 Å². The summed E-state index contributed by atoms with van der Waals surface area (Å²) in [4.78, 5) is 15.7. The lowest BCUT2D eigenvalue weighted by Gasteiger charge is -2.08. The monoisotopic (exact) mass is 436 g/mol. The maximum atomic E-state index is 12.4. The molecule has 148 valence electrons. The SMILES string of the molecule is Cc1ccc(S(=O)(=O)NCCSc2nc(-c3ccccc3)cs2)cc1C(=O)O.[HH]. The van der Waals surface area contributed by atoms with Crippen molar-refractivity contribution in [1.29, 1.82) is 0 Å². The lowest BCUT2D eigenvalue weighted by atomic mass is 10.1. The molecule has 0 spiro atoms. The average molecular weight is 437 g/mol. The van der Waals surface area contributed by atoms with Gasteiger partial charge in [-0.05, 0) is 24.6 Å². The highest BCUT2D eigenvalue weighted by Gasteiger charge is 2.17. The Labute approximate surface area is 173 Å². The maximum absolute atomic E-state index is 12.4. The molecule has 28 heavy (non-hydrogen) atoms. The lowest BCUT2D eigenvalue weighted by Crippen LogP contribution is -2.26. The Bertz CT molecular complexity index is 1090. The Hall–Kier alpha value is -2.20. The summed E-state index contributed by atoms with van der Waals surface area (Å²) in [5, 5.41) is 11.1. The summed E-state index contributed by atoms with van der Waals surface area (Å²) in [5.74, 6) is -0.637. The number of aromatic carboxylic acids is 1. The first-order chi connectivity index (χ1) is 13.4. The zero-order valence-corrected chi connectivity index (χ0v) is 17.4. The van der Waals surface area contributed by atoms with Gasteiger partial charge in [0.1, 0.15) is 0 Å². The minimum Gasteiger partial charge on any atom is -0.478 e.